The van der Waals surface area contributed by atoms with Crippen LogP contribution in [0.2, 0.25) is 0 Å². The average molecular weight is 735 g/mol. The molecule has 0 fully saturated rings. The number of carbonyl (C=O) groups is 4. The Bertz CT molecular complexity index is 2130. The monoisotopic (exact) mass is 734 g/mol. The van der Waals surface area contributed by atoms with Gasteiger partial charge in [-0.2, -0.15) is 0 Å². The van der Waals surface area contributed by atoms with Gasteiger partial charge in [0.1, 0.15) is 16.3 Å². The number of non-ortho nitro benzene ring substituents is 1. The fraction of sp³-hybridized carbons (Fsp3) is 0.128. The summed E-state index contributed by atoms with van der Waals surface area (Å²) >= 11 is 2.53. The molecule has 3 N–H and O–H groups in total. The molecule has 0 radical (unpaired) electrons. The second-order valence-electron chi connectivity index (χ2n) is 11.4. The molecule has 4 aromatic carbocycles. The van der Waals surface area contributed by atoms with Gasteiger partial charge in [0.2, 0.25) is 5.91 Å². The molecular weight excluding hydrogens is 701 g/mol. The highest BCUT2D eigenvalue weighted by Crippen LogP contribution is 2.37. The summed E-state index contributed by atoms with van der Waals surface area (Å²) in [5.41, 5.74) is 3.84. The summed E-state index contributed by atoms with van der Waals surface area (Å²) in [6, 6.07) is 28.6. The minimum absolute atomic E-state index is 0.0889. The number of thiophene rings is 1. The van der Waals surface area contributed by atoms with Crippen LogP contribution in [0.1, 0.15) is 45.2 Å². The zero-order valence-electron chi connectivity index (χ0n) is 28.4. The Kier molecular flexibility index (Phi) is 12.3. The van der Waals surface area contributed by atoms with E-state index in [2.05, 4.69) is 16.0 Å². The van der Waals surface area contributed by atoms with Gasteiger partial charge in [-0.25, -0.2) is 4.79 Å². The molecule has 1 heterocycles. The van der Waals surface area contributed by atoms with Crippen LogP contribution in [0.25, 0.3) is 17.2 Å². The summed E-state index contributed by atoms with van der Waals surface area (Å²) in [5, 5.41) is 21.2. The van der Waals surface area contributed by atoms with Gasteiger partial charge in [-0.3, -0.25) is 24.5 Å². The maximum absolute atomic E-state index is 13.6. The highest BCUT2D eigenvalue weighted by Gasteiger charge is 2.26. The van der Waals surface area contributed by atoms with Gasteiger partial charge in [-0.1, -0.05) is 61.0 Å². The van der Waals surface area contributed by atoms with E-state index in [0.29, 0.717) is 38.7 Å². The number of nitro groups is 1. The molecule has 0 aliphatic rings. The van der Waals surface area contributed by atoms with Crippen molar-refractivity contribution in [2.75, 3.05) is 17.7 Å². The number of nitrogens with zero attached hydrogens (tertiary/aromatic N) is 1. The maximum atomic E-state index is 13.6. The molecule has 11 nitrogen and oxygen atoms in total. The number of methoxy groups -OCH3 is 1. The maximum Gasteiger partial charge on any atom is 0.341 e. The number of hydrogen-bond donors (Lipinski definition) is 3. The molecule has 1 atom stereocenters. The SMILES string of the molecule is CCC(Sc1cccc(NC(=O)/C(=C\c2ccc([N+](=O)[O-])cc2)NC(=O)c2ccccc2)c1)C(=O)Nc1scc(-c2ccc(C)cc2)c1C(=O)OC. The Morgan fingerprint density at radius 1 is 0.923 bits per heavy atom. The average Bonchev–Trinajstić information content (AvgIpc) is 3.57. The molecule has 0 saturated heterocycles. The first kappa shape index (κ1) is 37.2. The van der Waals surface area contributed by atoms with Gasteiger partial charge in [-0.15, -0.1) is 23.1 Å². The molecule has 1 unspecified atom stereocenters. The van der Waals surface area contributed by atoms with Crippen LogP contribution in [-0.2, 0) is 14.3 Å². The van der Waals surface area contributed by atoms with Crippen molar-refractivity contribution >= 4 is 69.2 Å². The Balaban J connectivity index is 1.33. The fourth-order valence-electron chi connectivity index (χ4n) is 5.03. The highest BCUT2D eigenvalue weighted by molar-refractivity contribution is 8.00. The van der Waals surface area contributed by atoms with Crippen molar-refractivity contribution in [1.29, 1.82) is 0 Å². The summed E-state index contributed by atoms with van der Waals surface area (Å²) < 4.78 is 5.06. The van der Waals surface area contributed by atoms with E-state index in [0.717, 1.165) is 11.1 Å². The number of thioether (sulfide) groups is 1. The molecule has 13 heteroatoms. The minimum atomic E-state index is -0.632. The molecule has 0 spiro atoms. The molecule has 0 saturated carbocycles. The summed E-state index contributed by atoms with van der Waals surface area (Å²) in [6.07, 6.45) is 1.89. The quantitative estimate of drug-likeness (QED) is 0.0358. The van der Waals surface area contributed by atoms with Crippen molar-refractivity contribution in [3.8, 4) is 11.1 Å². The third kappa shape index (κ3) is 9.38. The zero-order valence-corrected chi connectivity index (χ0v) is 30.0. The first-order valence-electron chi connectivity index (χ1n) is 16.0. The molecule has 3 amide bonds. The lowest BCUT2D eigenvalue weighted by atomic mass is 10.0. The number of carbonyl (C=O) groups excluding carboxylic acids is 4. The number of amides is 3. The van der Waals surface area contributed by atoms with Crippen LogP contribution in [0, 0.1) is 17.0 Å². The highest BCUT2D eigenvalue weighted by atomic mass is 32.2. The van der Waals surface area contributed by atoms with E-state index in [9.17, 15) is 29.3 Å². The van der Waals surface area contributed by atoms with E-state index in [4.69, 9.17) is 4.74 Å². The normalized spacial score (nSPS) is 11.6. The number of nitrogens with one attached hydrogen (secondary N) is 3. The Labute approximate surface area is 308 Å². The molecule has 0 bridgehead atoms. The van der Waals surface area contributed by atoms with E-state index >= 15 is 0 Å². The molecule has 1 aromatic heterocycles. The van der Waals surface area contributed by atoms with E-state index in [1.165, 1.54) is 60.5 Å². The van der Waals surface area contributed by atoms with Gasteiger partial charge in [0.05, 0.1) is 17.3 Å². The number of nitro benzene ring substituents is 1. The predicted molar refractivity (Wildman–Crippen MR) is 204 cm³/mol. The van der Waals surface area contributed by atoms with Crippen LogP contribution < -0.4 is 16.0 Å². The van der Waals surface area contributed by atoms with Crippen LogP contribution in [0.5, 0.6) is 0 Å². The summed E-state index contributed by atoms with van der Waals surface area (Å²) in [5.74, 6) is -2.01. The van der Waals surface area contributed by atoms with Gasteiger partial charge in [0.15, 0.2) is 0 Å². The minimum Gasteiger partial charge on any atom is -0.465 e. The summed E-state index contributed by atoms with van der Waals surface area (Å²) in [6.45, 7) is 3.85. The molecule has 52 heavy (non-hydrogen) atoms. The van der Waals surface area contributed by atoms with Crippen molar-refractivity contribution in [1.82, 2.24) is 5.32 Å². The van der Waals surface area contributed by atoms with Crippen LogP contribution >= 0.6 is 23.1 Å². The van der Waals surface area contributed by atoms with Crippen LogP contribution in [0.15, 0.2) is 119 Å². The van der Waals surface area contributed by atoms with Crippen LogP contribution in [-0.4, -0.2) is 41.0 Å². The molecule has 5 rings (SSSR count). The number of aryl methyl sites for hydroxylation is 1. The van der Waals surface area contributed by atoms with E-state index in [-0.39, 0.29) is 22.9 Å². The van der Waals surface area contributed by atoms with E-state index in [1.54, 1.807) is 48.5 Å². The Hall–Kier alpha value is -6.05. The molecule has 0 aliphatic heterocycles. The molecule has 0 aliphatic carbocycles. The second kappa shape index (κ2) is 17.2. The fourth-order valence-corrected chi connectivity index (χ4v) is 7.00. The van der Waals surface area contributed by atoms with Crippen molar-refractivity contribution < 1.29 is 28.8 Å². The third-order valence-corrected chi connectivity index (χ3v) is 10.0. The number of anilines is 2. The summed E-state index contributed by atoms with van der Waals surface area (Å²) in [4.78, 5) is 64.3. The standard InChI is InChI=1S/C39H34N4O7S2/c1-4-33(37(46)42-38-34(39(47)50-3)31(23-51-38)26-17-13-24(2)14-18-26)52-30-12-8-11-28(22-30)40-36(45)32(41-35(44)27-9-6-5-7-10-27)21-25-15-19-29(20-16-25)43(48)49/h5-23,33H,4H2,1-3H3,(H,40,45)(H,41,44)(H,42,46)/b32-21+. The lowest BCUT2D eigenvalue weighted by Gasteiger charge is -2.16. The first-order chi connectivity index (χ1) is 25.1. The zero-order chi connectivity index (χ0) is 37.2. The Morgan fingerprint density at radius 2 is 1.63 bits per heavy atom. The van der Waals surface area contributed by atoms with Crippen LogP contribution in [0.3, 0.4) is 0 Å². The molecular formula is C39H34N4O7S2. The van der Waals surface area contributed by atoms with Gasteiger partial charge in [0, 0.05) is 39.2 Å². The molecule has 5 aromatic rings. The van der Waals surface area contributed by atoms with Gasteiger partial charge < -0.3 is 20.7 Å². The van der Waals surface area contributed by atoms with Crippen molar-refractivity contribution in [2.45, 2.75) is 30.4 Å². The van der Waals surface area contributed by atoms with Gasteiger partial charge >= 0.3 is 5.97 Å². The third-order valence-electron chi connectivity index (χ3n) is 7.76. The largest absolute Gasteiger partial charge is 0.465 e. The van der Waals surface area contributed by atoms with Gasteiger partial charge in [-0.05, 0) is 73.0 Å². The predicted octanol–water partition coefficient (Wildman–Crippen LogP) is 8.34. The molecule has 264 valence electrons. The first-order valence-corrected chi connectivity index (χ1v) is 17.8. The number of hydrogen-bond acceptors (Lipinski definition) is 9. The number of ether oxygens (including phenoxy) is 1. The van der Waals surface area contributed by atoms with Crippen molar-refractivity contribution in [3.63, 3.8) is 0 Å². The second-order valence-corrected chi connectivity index (χ2v) is 13.6. The topological polar surface area (TPSA) is 157 Å². The van der Waals surface area contributed by atoms with Gasteiger partial charge in [0.25, 0.3) is 17.5 Å². The number of esters is 1. The lowest BCUT2D eigenvalue weighted by Crippen LogP contribution is -2.30. The number of rotatable bonds is 13. The Morgan fingerprint density at radius 3 is 2.29 bits per heavy atom. The van der Waals surface area contributed by atoms with Crippen LogP contribution in [0.4, 0.5) is 16.4 Å². The smallest absolute Gasteiger partial charge is 0.341 e. The van der Waals surface area contributed by atoms with Crippen molar-refractivity contribution in [3.05, 3.63) is 147 Å². The van der Waals surface area contributed by atoms with Crippen molar-refractivity contribution in [2.24, 2.45) is 0 Å². The summed E-state index contributed by atoms with van der Waals surface area (Å²) in [7, 11) is 1.30. The lowest BCUT2D eigenvalue weighted by molar-refractivity contribution is -0.384. The number of benzene rings is 4. The van der Waals surface area contributed by atoms with E-state index in [1.807, 2.05) is 49.6 Å². The van der Waals surface area contributed by atoms with E-state index < -0.39 is 28.0 Å².